The van der Waals surface area contributed by atoms with Crippen molar-refractivity contribution in [1.29, 1.82) is 0 Å². The van der Waals surface area contributed by atoms with Crippen molar-refractivity contribution in [3.8, 4) is 5.75 Å². The SMILES string of the molecule is CNCCOc1cccc(C(=O)N2CCC3(CC2)C[C@](C)(O)[C@@H](n2ccc(=O)[nH]c2=O)CO3)c1. The van der Waals surface area contributed by atoms with Gasteiger partial charge in [0, 0.05) is 43.9 Å². The van der Waals surface area contributed by atoms with Crippen LogP contribution in [0, 0.1) is 0 Å². The number of aromatic nitrogens is 2. The first kappa shape index (κ1) is 24.2. The average molecular weight is 473 g/mol. The number of piperidine rings is 1. The third kappa shape index (κ3) is 5.08. The fourth-order valence-corrected chi connectivity index (χ4v) is 4.92. The van der Waals surface area contributed by atoms with Crippen LogP contribution >= 0.6 is 0 Å². The number of ether oxygens (including phenoxy) is 2. The molecule has 0 radical (unpaired) electrons. The highest BCUT2D eigenvalue weighted by atomic mass is 16.5. The molecule has 34 heavy (non-hydrogen) atoms. The lowest BCUT2D eigenvalue weighted by Gasteiger charge is -2.51. The number of nitrogens with zero attached hydrogens (tertiary/aromatic N) is 2. The monoisotopic (exact) mass is 472 g/mol. The molecule has 1 aromatic heterocycles. The van der Waals surface area contributed by atoms with Gasteiger partial charge in [-0.15, -0.1) is 0 Å². The van der Waals surface area contributed by atoms with E-state index >= 15 is 0 Å². The van der Waals surface area contributed by atoms with Gasteiger partial charge in [0.15, 0.2) is 0 Å². The van der Waals surface area contributed by atoms with Gasteiger partial charge >= 0.3 is 5.69 Å². The molecule has 2 atom stereocenters. The van der Waals surface area contributed by atoms with Crippen LogP contribution in [0.25, 0.3) is 0 Å². The van der Waals surface area contributed by atoms with E-state index in [1.54, 1.807) is 24.0 Å². The van der Waals surface area contributed by atoms with Crippen LogP contribution in [0.5, 0.6) is 5.75 Å². The molecule has 4 rings (SSSR count). The first-order valence-corrected chi connectivity index (χ1v) is 11.6. The number of hydrogen-bond acceptors (Lipinski definition) is 7. The fraction of sp³-hybridized carbons (Fsp3) is 0.542. The van der Waals surface area contributed by atoms with Crippen molar-refractivity contribution in [3.05, 3.63) is 62.9 Å². The number of carbonyl (C=O) groups excluding carboxylic acids is 1. The van der Waals surface area contributed by atoms with E-state index in [9.17, 15) is 19.5 Å². The molecule has 184 valence electrons. The summed E-state index contributed by atoms with van der Waals surface area (Å²) < 4.78 is 13.2. The van der Waals surface area contributed by atoms with Crippen molar-refractivity contribution in [2.24, 2.45) is 0 Å². The van der Waals surface area contributed by atoms with Crippen LogP contribution in [0.1, 0.15) is 42.6 Å². The van der Waals surface area contributed by atoms with Crippen molar-refractivity contribution < 1.29 is 19.4 Å². The molecule has 1 aromatic carbocycles. The third-order valence-corrected chi connectivity index (χ3v) is 6.80. The molecule has 0 aliphatic carbocycles. The van der Waals surface area contributed by atoms with Crippen molar-refractivity contribution in [2.45, 2.75) is 43.4 Å². The van der Waals surface area contributed by atoms with Crippen molar-refractivity contribution in [1.82, 2.24) is 19.8 Å². The number of amides is 1. The molecular formula is C24H32N4O6. The maximum Gasteiger partial charge on any atom is 0.328 e. The molecule has 0 bridgehead atoms. The molecule has 3 N–H and O–H groups in total. The summed E-state index contributed by atoms with van der Waals surface area (Å²) in [6.07, 6.45) is 2.88. The van der Waals surface area contributed by atoms with Gasteiger partial charge in [0.2, 0.25) is 0 Å². The maximum absolute atomic E-state index is 13.1. The van der Waals surface area contributed by atoms with Crippen LogP contribution in [0.3, 0.4) is 0 Å². The van der Waals surface area contributed by atoms with Gasteiger partial charge in [0.05, 0.1) is 23.9 Å². The van der Waals surface area contributed by atoms with Gasteiger partial charge in [0.25, 0.3) is 11.5 Å². The Morgan fingerprint density at radius 1 is 1.29 bits per heavy atom. The number of benzene rings is 1. The predicted octanol–water partition coefficient (Wildman–Crippen LogP) is 0.522. The van der Waals surface area contributed by atoms with E-state index < -0.39 is 28.5 Å². The lowest BCUT2D eigenvalue weighted by molar-refractivity contribution is -0.195. The number of aromatic amines is 1. The number of nitrogens with one attached hydrogen (secondary N) is 2. The Morgan fingerprint density at radius 2 is 2.06 bits per heavy atom. The number of carbonyl (C=O) groups is 1. The Balaban J connectivity index is 1.40. The Morgan fingerprint density at radius 3 is 2.74 bits per heavy atom. The molecule has 2 aliphatic heterocycles. The van der Waals surface area contributed by atoms with E-state index in [0.717, 1.165) is 0 Å². The molecule has 1 amide bonds. The Hall–Kier alpha value is -2.95. The van der Waals surface area contributed by atoms with Crippen LogP contribution in [0.15, 0.2) is 46.1 Å². The molecule has 3 heterocycles. The quantitative estimate of drug-likeness (QED) is 0.524. The second kappa shape index (κ2) is 9.73. The third-order valence-electron chi connectivity index (χ3n) is 6.80. The second-order valence-electron chi connectivity index (χ2n) is 9.33. The minimum Gasteiger partial charge on any atom is -0.492 e. The van der Waals surface area contributed by atoms with Gasteiger partial charge in [-0.1, -0.05) is 6.07 Å². The van der Waals surface area contributed by atoms with E-state index in [0.29, 0.717) is 56.8 Å². The molecule has 0 saturated carbocycles. The van der Waals surface area contributed by atoms with Crippen LogP contribution in [0.4, 0.5) is 0 Å². The van der Waals surface area contributed by atoms with Crippen molar-refractivity contribution in [3.63, 3.8) is 0 Å². The number of hydrogen-bond donors (Lipinski definition) is 3. The molecule has 2 saturated heterocycles. The lowest BCUT2D eigenvalue weighted by atomic mass is 9.75. The largest absolute Gasteiger partial charge is 0.492 e. The van der Waals surface area contributed by atoms with Gasteiger partial charge in [-0.2, -0.15) is 0 Å². The lowest BCUT2D eigenvalue weighted by Crippen LogP contribution is -2.59. The number of H-pyrrole nitrogens is 1. The molecule has 2 aliphatic rings. The van der Waals surface area contributed by atoms with E-state index in [1.165, 1.54) is 16.8 Å². The smallest absolute Gasteiger partial charge is 0.328 e. The van der Waals surface area contributed by atoms with E-state index in [4.69, 9.17) is 9.47 Å². The van der Waals surface area contributed by atoms with Gasteiger partial charge < -0.3 is 24.8 Å². The zero-order valence-electron chi connectivity index (χ0n) is 19.6. The zero-order valence-corrected chi connectivity index (χ0v) is 19.6. The minimum absolute atomic E-state index is 0.0610. The summed E-state index contributed by atoms with van der Waals surface area (Å²) in [4.78, 5) is 40.7. The van der Waals surface area contributed by atoms with E-state index in [2.05, 4.69) is 10.3 Å². The fourth-order valence-electron chi connectivity index (χ4n) is 4.92. The van der Waals surface area contributed by atoms with Gasteiger partial charge in [0.1, 0.15) is 12.4 Å². The Labute approximate surface area is 197 Å². The number of aliphatic hydroxyl groups is 1. The van der Waals surface area contributed by atoms with Crippen LogP contribution in [0.2, 0.25) is 0 Å². The van der Waals surface area contributed by atoms with Gasteiger partial charge in [-0.05, 0) is 45.0 Å². The highest BCUT2D eigenvalue weighted by Crippen LogP contribution is 2.43. The molecule has 2 fully saturated rings. The highest BCUT2D eigenvalue weighted by Gasteiger charge is 2.50. The molecule has 0 unspecified atom stereocenters. The number of rotatable bonds is 6. The van der Waals surface area contributed by atoms with E-state index in [-0.39, 0.29) is 12.5 Å². The van der Waals surface area contributed by atoms with Crippen LogP contribution in [-0.4, -0.2) is 76.6 Å². The second-order valence-corrected chi connectivity index (χ2v) is 9.33. The van der Waals surface area contributed by atoms with Crippen molar-refractivity contribution in [2.75, 3.05) is 39.9 Å². The Bertz CT molecular complexity index is 1130. The average Bonchev–Trinajstić information content (AvgIpc) is 2.80. The Kier molecular flexibility index (Phi) is 6.92. The van der Waals surface area contributed by atoms with E-state index in [1.807, 2.05) is 19.2 Å². The van der Waals surface area contributed by atoms with Gasteiger partial charge in [-0.3, -0.25) is 19.1 Å². The number of likely N-dealkylation sites (N-methyl/N-ethyl adjacent to an activating group) is 1. The first-order chi connectivity index (χ1) is 16.2. The van der Waals surface area contributed by atoms with Crippen LogP contribution < -0.4 is 21.3 Å². The molecular weight excluding hydrogens is 440 g/mol. The maximum atomic E-state index is 13.1. The molecule has 2 aromatic rings. The molecule has 1 spiro atoms. The minimum atomic E-state index is -1.22. The summed E-state index contributed by atoms with van der Waals surface area (Å²) in [6.45, 7) is 4.07. The molecule has 10 nitrogen and oxygen atoms in total. The van der Waals surface area contributed by atoms with Crippen molar-refractivity contribution >= 4 is 5.91 Å². The number of likely N-dealkylation sites (tertiary alicyclic amines) is 1. The predicted molar refractivity (Wildman–Crippen MR) is 125 cm³/mol. The summed E-state index contributed by atoms with van der Waals surface area (Å²) >= 11 is 0. The summed E-state index contributed by atoms with van der Waals surface area (Å²) in [5, 5.41) is 14.3. The first-order valence-electron chi connectivity index (χ1n) is 11.6. The summed E-state index contributed by atoms with van der Waals surface area (Å²) in [6, 6.07) is 7.83. The van der Waals surface area contributed by atoms with Crippen LogP contribution in [-0.2, 0) is 4.74 Å². The topological polar surface area (TPSA) is 126 Å². The summed E-state index contributed by atoms with van der Waals surface area (Å²) in [5.41, 5.74) is -2.27. The van der Waals surface area contributed by atoms with Gasteiger partial charge in [-0.25, -0.2) is 4.79 Å². The summed E-state index contributed by atoms with van der Waals surface area (Å²) in [5.74, 6) is 0.596. The highest BCUT2D eigenvalue weighted by molar-refractivity contribution is 5.94. The normalized spacial score (nSPS) is 24.2. The standard InChI is InChI=1S/C24H32N4O6/c1-23(32)16-24(34-15-19(23)28-10-6-20(29)26-22(28)31)7-11-27(12-8-24)21(30)17-4-3-5-18(14-17)33-13-9-25-2/h3-6,10,14,19,25,32H,7-9,11-13,15-16H2,1-2H3,(H,26,29,31)/t19-,23-/m0/s1. The zero-order chi connectivity index (χ0) is 24.3. The summed E-state index contributed by atoms with van der Waals surface area (Å²) in [7, 11) is 1.85. The molecule has 10 heteroatoms.